The Morgan fingerprint density at radius 1 is 0.750 bits per heavy atom. The summed E-state index contributed by atoms with van der Waals surface area (Å²) in [5.74, 6) is 9.59. The molecule has 0 saturated heterocycles. The minimum absolute atomic E-state index is 1.20. The van der Waals surface area contributed by atoms with Crippen molar-refractivity contribution in [3.63, 3.8) is 0 Å². The van der Waals surface area contributed by atoms with Crippen LogP contribution >= 0.6 is 0 Å². The summed E-state index contributed by atoms with van der Waals surface area (Å²) in [6.45, 7) is 0. The highest BCUT2D eigenvalue weighted by Gasteiger charge is 2.41. The average Bonchev–Trinajstić information content (AvgIpc) is 3.09. The van der Waals surface area contributed by atoms with Crippen molar-refractivity contribution in [1.82, 2.24) is 0 Å². The van der Waals surface area contributed by atoms with Crippen LogP contribution in [0.5, 0.6) is 0 Å². The summed E-state index contributed by atoms with van der Waals surface area (Å²) < 4.78 is 0. The van der Waals surface area contributed by atoms with Gasteiger partial charge < -0.3 is 0 Å². The largest absolute Gasteiger partial charge is 0.0879 e. The summed E-state index contributed by atoms with van der Waals surface area (Å²) in [5.41, 5.74) is 0. The second-order valence-corrected chi connectivity index (χ2v) is 6.31. The SMILES string of the molecule is [CH]1[CH][C](CC[C]2[CH][CH][C]3CCCC[C]32)[C]2C=CCC[C]12. The van der Waals surface area contributed by atoms with Gasteiger partial charge in [-0.1, -0.05) is 25.0 Å². The minimum Gasteiger partial charge on any atom is -0.0879 e. The van der Waals surface area contributed by atoms with E-state index >= 15 is 0 Å². The molecule has 0 aromatic rings. The molecular weight excluding hydrogens is 240 g/mol. The molecule has 3 saturated carbocycles. The third kappa shape index (κ3) is 2.48. The Bertz CT molecular complexity index is 355. The fourth-order valence-electron chi connectivity index (χ4n) is 3.96. The van der Waals surface area contributed by atoms with Gasteiger partial charge in [0.1, 0.15) is 0 Å². The highest BCUT2D eigenvalue weighted by molar-refractivity contribution is 5.58. The smallest absolute Gasteiger partial charge is 0.0114 e. The van der Waals surface area contributed by atoms with Crippen molar-refractivity contribution < 1.29 is 0 Å². The third-order valence-electron chi connectivity index (χ3n) is 5.09. The molecule has 0 amide bonds. The van der Waals surface area contributed by atoms with Crippen LogP contribution in [0.3, 0.4) is 0 Å². The second-order valence-electron chi connectivity index (χ2n) is 6.31. The highest BCUT2D eigenvalue weighted by Crippen LogP contribution is 2.53. The molecular formula is C20H22. The van der Waals surface area contributed by atoms with E-state index in [0.29, 0.717) is 0 Å². The maximum Gasteiger partial charge on any atom is 0.0114 e. The maximum absolute atomic E-state index is 2.39. The maximum atomic E-state index is 2.39. The van der Waals surface area contributed by atoms with Crippen molar-refractivity contribution in [2.75, 3.05) is 0 Å². The van der Waals surface area contributed by atoms with Gasteiger partial charge in [0.2, 0.25) is 0 Å². The zero-order chi connectivity index (χ0) is 13.4. The van der Waals surface area contributed by atoms with Gasteiger partial charge in [-0.25, -0.2) is 0 Å². The van der Waals surface area contributed by atoms with E-state index in [0.717, 1.165) is 0 Å². The molecule has 4 aliphatic carbocycles. The van der Waals surface area contributed by atoms with Gasteiger partial charge in [-0.2, -0.15) is 0 Å². The highest BCUT2D eigenvalue weighted by atomic mass is 14.4. The van der Waals surface area contributed by atoms with E-state index in [-0.39, 0.29) is 0 Å². The van der Waals surface area contributed by atoms with Crippen molar-refractivity contribution >= 4 is 0 Å². The third-order valence-corrected chi connectivity index (χ3v) is 5.09. The summed E-state index contributed by atoms with van der Waals surface area (Å²) in [6, 6.07) is 0. The van der Waals surface area contributed by atoms with Gasteiger partial charge in [0.15, 0.2) is 0 Å². The van der Waals surface area contributed by atoms with E-state index in [1.54, 1.807) is 29.6 Å². The van der Waals surface area contributed by atoms with E-state index in [1.807, 2.05) is 0 Å². The quantitative estimate of drug-likeness (QED) is 0.672. The van der Waals surface area contributed by atoms with E-state index in [1.165, 1.54) is 57.3 Å². The predicted molar refractivity (Wildman–Crippen MR) is 82.7 cm³/mol. The lowest BCUT2D eigenvalue weighted by Crippen LogP contribution is -2.16. The summed E-state index contributed by atoms with van der Waals surface area (Å²) in [7, 11) is 0. The number of hydrogen-bond donors (Lipinski definition) is 0. The van der Waals surface area contributed by atoms with Crippen molar-refractivity contribution in [2.45, 2.75) is 51.4 Å². The van der Waals surface area contributed by atoms with Gasteiger partial charge in [-0.3, -0.25) is 0 Å². The average molecular weight is 262 g/mol. The first-order chi connectivity index (χ1) is 9.92. The first-order valence-electron chi connectivity index (χ1n) is 8.12. The van der Waals surface area contributed by atoms with Crippen molar-refractivity contribution in [3.8, 4) is 0 Å². The Kier molecular flexibility index (Phi) is 3.92. The Hall–Kier alpha value is -0.260. The van der Waals surface area contributed by atoms with Crippen LogP contribution in [0, 0.1) is 61.2 Å². The van der Waals surface area contributed by atoms with E-state index in [2.05, 4.69) is 37.8 Å². The fourth-order valence-corrected chi connectivity index (χ4v) is 3.96. The zero-order valence-electron chi connectivity index (χ0n) is 12.1. The van der Waals surface area contributed by atoms with Crippen LogP contribution in [0.2, 0.25) is 0 Å². The normalized spacial score (nSPS) is 31.0. The van der Waals surface area contributed by atoms with Crippen LogP contribution < -0.4 is 0 Å². The van der Waals surface area contributed by atoms with Crippen LogP contribution in [0.15, 0.2) is 12.2 Å². The van der Waals surface area contributed by atoms with Gasteiger partial charge in [-0.05, 0) is 93.8 Å². The molecule has 4 rings (SSSR count). The molecule has 0 aromatic carbocycles. The van der Waals surface area contributed by atoms with E-state index in [9.17, 15) is 0 Å². The predicted octanol–water partition coefficient (Wildman–Crippen LogP) is 4.98. The van der Waals surface area contributed by atoms with Gasteiger partial charge >= 0.3 is 0 Å². The molecule has 10 radical (unpaired) electrons. The van der Waals surface area contributed by atoms with Crippen LogP contribution in [-0.4, -0.2) is 0 Å². The molecule has 0 atom stereocenters. The summed E-state index contributed by atoms with van der Waals surface area (Å²) in [6.07, 6.45) is 24.4. The molecule has 102 valence electrons. The molecule has 0 spiro atoms. The lowest BCUT2D eigenvalue weighted by Gasteiger charge is -2.29. The van der Waals surface area contributed by atoms with Crippen molar-refractivity contribution in [2.24, 2.45) is 0 Å². The zero-order valence-corrected chi connectivity index (χ0v) is 12.1. The van der Waals surface area contributed by atoms with Crippen LogP contribution in [0.4, 0.5) is 0 Å². The first-order valence-corrected chi connectivity index (χ1v) is 8.12. The van der Waals surface area contributed by atoms with Crippen LogP contribution in [0.1, 0.15) is 51.4 Å². The summed E-state index contributed by atoms with van der Waals surface area (Å²) >= 11 is 0. The van der Waals surface area contributed by atoms with Crippen LogP contribution in [0.25, 0.3) is 0 Å². The Labute approximate surface area is 125 Å². The Morgan fingerprint density at radius 2 is 1.55 bits per heavy atom. The van der Waals surface area contributed by atoms with Crippen molar-refractivity contribution in [3.05, 3.63) is 73.3 Å². The Morgan fingerprint density at radius 3 is 2.55 bits per heavy atom. The minimum atomic E-state index is 1.20. The fraction of sp³-hybridized carbons (Fsp3) is 0.400. The molecule has 0 nitrogen and oxygen atoms in total. The van der Waals surface area contributed by atoms with E-state index in [4.69, 9.17) is 0 Å². The molecule has 20 heavy (non-hydrogen) atoms. The molecule has 0 heterocycles. The monoisotopic (exact) mass is 262 g/mol. The topological polar surface area (TPSA) is 0 Å². The molecule has 0 bridgehead atoms. The van der Waals surface area contributed by atoms with Crippen molar-refractivity contribution in [1.29, 1.82) is 0 Å². The lowest BCUT2D eigenvalue weighted by molar-refractivity contribution is 0.579. The van der Waals surface area contributed by atoms with Gasteiger partial charge in [0, 0.05) is 5.92 Å². The summed E-state index contributed by atoms with van der Waals surface area (Å²) in [4.78, 5) is 0. The first kappa shape index (κ1) is 13.4. The van der Waals surface area contributed by atoms with Gasteiger partial charge in [0.25, 0.3) is 0 Å². The molecule has 0 aromatic heterocycles. The number of fused-ring (bicyclic) bond motifs is 2. The number of rotatable bonds is 3. The lowest BCUT2D eigenvalue weighted by atomic mass is 9.75. The van der Waals surface area contributed by atoms with Crippen LogP contribution in [-0.2, 0) is 0 Å². The molecule has 3 fully saturated rings. The Balaban J connectivity index is 1.32. The second kappa shape index (κ2) is 5.85. The van der Waals surface area contributed by atoms with Gasteiger partial charge in [-0.15, -0.1) is 0 Å². The molecule has 0 heteroatoms. The number of hydrogen-bond acceptors (Lipinski definition) is 0. The molecule has 0 unspecified atom stereocenters. The number of allylic oxidation sites excluding steroid dienone is 2. The molecule has 0 aliphatic heterocycles. The molecule has 4 aliphatic rings. The summed E-state index contributed by atoms with van der Waals surface area (Å²) in [5, 5.41) is 0. The van der Waals surface area contributed by atoms with E-state index < -0.39 is 0 Å². The van der Waals surface area contributed by atoms with Gasteiger partial charge in [0.05, 0.1) is 0 Å². The molecule has 0 N–H and O–H groups in total. The standard InChI is InChI=1S/C20H22/c1-3-7-19-15(5-1)9-11-17(19)13-14-18-12-10-16-6-2-4-8-20(16)18/h3,7,9-12H,1-2,4-6,8,13-14H2.